The highest BCUT2D eigenvalue weighted by molar-refractivity contribution is 5.81. The van der Waals surface area contributed by atoms with E-state index in [9.17, 15) is 4.79 Å². The molecule has 0 aliphatic heterocycles. The molecule has 1 atom stereocenters. The lowest BCUT2D eigenvalue weighted by atomic mass is 10.0. The van der Waals surface area contributed by atoms with E-state index in [4.69, 9.17) is 0 Å². The van der Waals surface area contributed by atoms with Crippen molar-refractivity contribution in [2.24, 2.45) is 0 Å². The maximum absolute atomic E-state index is 12.0. The van der Waals surface area contributed by atoms with Gasteiger partial charge in [-0.05, 0) is 24.4 Å². The third-order valence-corrected chi connectivity index (χ3v) is 2.95. The number of H-pyrrole nitrogens is 1. The van der Waals surface area contributed by atoms with Gasteiger partial charge < -0.3 is 0 Å². The Kier molecular flexibility index (Phi) is 3.87. The van der Waals surface area contributed by atoms with Crippen molar-refractivity contribution >= 4 is 5.78 Å². The maximum atomic E-state index is 12.0. The van der Waals surface area contributed by atoms with Gasteiger partial charge in [0.2, 0.25) is 6.33 Å². The van der Waals surface area contributed by atoms with Crippen LogP contribution in [0.15, 0.2) is 36.9 Å². The molecule has 0 radical (unpaired) electrons. The number of Topliss-reactive ketones (excluding diaryl/α,β-unsaturated/α-hetero) is 1. The second-order valence-electron chi connectivity index (χ2n) is 4.69. The van der Waals surface area contributed by atoms with E-state index in [0.29, 0.717) is 12.8 Å². The second-order valence-corrected chi connectivity index (χ2v) is 4.69. The van der Waals surface area contributed by atoms with Crippen molar-refractivity contribution in [3.05, 3.63) is 48.0 Å². The summed E-state index contributed by atoms with van der Waals surface area (Å²) >= 11 is 0. The molecule has 4 heteroatoms. The largest absolute Gasteiger partial charge is 0.306 e. The molecule has 0 aliphatic carbocycles. The van der Waals surface area contributed by atoms with E-state index in [0.717, 1.165) is 5.56 Å². The summed E-state index contributed by atoms with van der Waals surface area (Å²) in [6, 6.07) is 8.21. The molecule has 1 aromatic heterocycles. The lowest BCUT2D eigenvalue weighted by Gasteiger charge is -2.06. The van der Waals surface area contributed by atoms with Crippen LogP contribution in [-0.2, 0) is 11.2 Å². The van der Waals surface area contributed by atoms with Gasteiger partial charge in [0.1, 0.15) is 11.8 Å². The molecule has 4 nitrogen and oxygen atoms in total. The number of carbonyl (C=O) groups is 1. The van der Waals surface area contributed by atoms with Crippen LogP contribution in [0.5, 0.6) is 0 Å². The molecule has 0 unspecified atom stereocenters. The average molecular weight is 244 g/mol. The zero-order valence-corrected chi connectivity index (χ0v) is 10.8. The summed E-state index contributed by atoms with van der Waals surface area (Å²) in [5.74, 6) is 0.246. The number of aryl methyl sites for hydroxylation is 1. The van der Waals surface area contributed by atoms with Gasteiger partial charge in [-0.1, -0.05) is 29.8 Å². The van der Waals surface area contributed by atoms with Crippen molar-refractivity contribution in [3.8, 4) is 0 Å². The quantitative estimate of drug-likeness (QED) is 0.815. The molecule has 1 aromatic carbocycles. The van der Waals surface area contributed by atoms with E-state index in [1.165, 1.54) is 5.56 Å². The summed E-state index contributed by atoms with van der Waals surface area (Å²) < 4.78 is 1.84. The molecule has 0 saturated carbocycles. The normalized spacial score (nSPS) is 12.3. The standard InChI is InChI=1S/C14H17N3O/c1-11-4-3-5-13(6-11)8-14(18)7-12(2)17-10-15-9-16-17/h3-6,9-10,12H,7-8H2,1-2H3/p+1/t12-/m1/s1. The summed E-state index contributed by atoms with van der Waals surface area (Å²) in [6.45, 7) is 4.05. The van der Waals surface area contributed by atoms with Gasteiger partial charge in [0, 0.05) is 12.8 Å². The Labute approximate surface area is 107 Å². The minimum absolute atomic E-state index is 0.116. The van der Waals surface area contributed by atoms with E-state index in [-0.39, 0.29) is 11.8 Å². The smallest absolute Gasteiger partial charge is 0.299 e. The summed E-state index contributed by atoms with van der Waals surface area (Å²) in [5.41, 5.74) is 2.28. The number of nitrogens with one attached hydrogen (secondary N) is 1. The SMILES string of the molecule is Cc1cccc(CC(=O)C[C@@H](C)[n+]2cnc[nH]2)c1. The molecular formula is C14H18N3O+. The van der Waals surface area contributed by atoms with Gasteiger partial charge in [0.15, 0.2) is 0 Å². The first-order valence-corrected chi connectivity index (χ1v) is 6.12. The Bertz CT molecular complexity index is 520. The molecule has 0 bridgehead atoms. The van der Waals surface area contributed by atoms with Crippen LogP contribution in [0.2, 0.25) is 0 Å². The number of aromatic nitrogens is 3. The third-order valence-electron chi connectivity index (χ3n) is 2.95. The van der Waals surface area contributed by atoms with Crippen molar-refractivity contribution in [3.63, 3.8) is 0 Å². The van der Waals surface area contributed by atoms with Gasteiger partial charge in [0.25, 0.3) is 0 Å². The topological polar surface area (TPSA) is 49.6 Å². The fourth-order valence-corrected chi connectivity index (χ4v) is 2.03. The van der Waals surface area contributed by atoms with E-state index < -0.39 is 0 Å². The zero-order chi connectivity index (χ0) is 13.0. The Balaban J connectivity index is 1.93. The predicted molar refractivity (Wildman–Crippen MR) is 68.0 cm³/mol. The van der Waals surface area contributed by atoms with Crippen LogP contribution in [0.25, 0.3) is 0 Å². The second kappa shape index (κ2) is 5.58. The average Bonchev–Trinajstić information content (AvgIpc) is 2.81. The van der Waals surface area contributed by atoms with Gasteiger partial charge in [0.05, 0.1) is 0 Å². The van der Waals surface area contributed by atoms with Crippen LogP contribution >= 0.6 is 0 Å². The van der Waals surface area contributed by atoms with Crippen LogP contribution in [0, 0.1) is 6.92 Å². The van der Waals surface area contributed by atoms with Gasteiger partial charge in [-0.25, -0.2) is 0 Å². The van der Waals surface area contributed by atoms with Crippen LogP contribution in [-0.4, -0.2) is 15.9 Å². The number of hydrogen-bond acceptors (Lipinski definition) is 2. The van der Waals surface area contributed by atoms with E-state index in [1.807, 2.05) is 36.7 Å². The lowest BCUT2D eigenvalue weighted by Crippen LogP contribution is -2.40. The Hall–Kier alpha value is -1.97. The minimum Gasteiger partial charge on any atom is -0.299 e. The first-order valence-electron chi connectivity index (χ1n) is 6.12. The number of ketones is 1. The lowest BCUT2D eigenvalue weighted by molar-refractivity contribution is -0.771. The fraction of sp³-hybridized carbons (Fsp3) is 0.357. The Morgan fingerprint density at radius 3 is 3.00 bits per heavy atom. The number of aromatic amines is 1. The van der Waals surface area contributed by atoms with Crippen molar-refractivity contribution in [2.45, 2.75) is 32.7 Å². The van der Waals surface area contributed by atoms with E-state index in [1.54, 1.807) is 12.7 Å². The minimum atomic E-state index is 0.116. The maximum Gasteiger partial charge on any atom is 0.306 e. The van der Waals surface area contributed by atoms with E-state index in [2.05, 4.69) is 16.1 Å². The van der Waals surface area contributed by atoms with Crippen molar-refractivity contribution < 1.29 is 9.48 Å². The van der Waals surface area contributed by atoms with Crippen LogP contribution in [0.1, 0.15) is 30.5 Å². The molecule has 2 aromatic rings. The fourth-order valence-electron chi connectivity index (χ4n) is 2.03. The molecule has 2 rings (SSSR count). The molecule has 0 saturated heterocycles. The van der Waals surface area contributed by atoms with Crippen LogP contribution in [0.4, 0.5) is 0 Å². The number of hydrogen-bond donors (Lipinski definition) is 1. The number of carbonyl (C=O) groups excluding carboxylic acids is 1. The highest BCUT2D eigenvalue weighted by Gasteiger charge is 2.15. The highest BCUT2D eigenvalue weighted by Crippen LogP contribution is 2.09. The molecule has 1 N–H and O–H groups in total. The highest BCUT2D eigenvalue weighted by atomic mass is 16.1. The Morgan fingerprint density at radius 2 is 2.33 bits per heavy atom. The first kappa shape index (κ1) is 12.5. The number of nitrogens with zero attached hydrogens (tertiary/aromatic N) is 2. The predicted octanol–water partition coefficient (Wildman–Crippen LogP) is 1.77. The zero-order valence-electron chi connectivity index (χ0n) is 10.8. The molecule has 18 heavy (non-hydrogen) atoms. The molecule has 0 spiro atoms. The summed E-state index contributed by atoms with van der Waals surface area (Å²) in [7, 11) is 0. The van der Waals surface area contributed by atoms with Crippen LogP contribution in [0.3, 0.4) is 0 Å². The van der Waals surface area contributed by atoms with Crippen molar-refractivity contribution in [2.75, 3.05) is 0 Å². The van der Waals surface area contributed by atoms with Crippen molar-refractivity contribution in [1.82, 2.24) is 10.1 Å². The van der Waals surface area contributed by atoms with Crippen molar-refractivity contribution in [1.29, 1.82) is 0 Å². The molecule has 0 fully saturated rings. The van der Waals surface area contributed by atoms with Gasteiger partial charge in [-0.2, -0.15) is 9.78 Å². The van der Waals surface area contributed by atoms with Gasteiger partial charge >= 0.3 is 6.33 Å². The Morgan fingerprint density at radius 1 is 1.50 bits per heavy atom. The molecule has 0 amide bonds. The van der Waals surface area contributed by atoms with Gasteiger partial charge in [-0.15, -0.1) is 0 Å². The monoisotopic (exact) mass is 244 g/mol. The summed E-state index contributed by atoms with van der Waals surface area (Å²) in [4.78, 5) is 15.9. The molecule has 1 heterocycles. The van der Waals surface area contributed by atoms with Crippen LogP contribution < -0.4 is 4.68 Å². The first-order chi connectivity index (χ1) is 8.65. The third kappa shape index (κ3) is 3.26. The summed E-state index contributed by atoms with van der Waals surface area (Å²) in [6.07, 6.45) is 4.33. The van der Waals surface area contributed by atoms with Gasteiger partial charge in [-0.3, -0.25) is 4.79 Å². The molecular weight excluding hydrogens is 226 g/mol. The summed E-state index contributed by atoms with van der Waals surface area (Å²) in [5, 5.41) is 2.97. The van der Waals surface area contributed by atoms with E-state index >= 15 is 0 Å². The number of rotatable bonds is 5. The number of benzene rings is 1. The molecule has 94 valence electrons. The molecule has 0 aliphatic rings.